The first-order chi connectivity index (χ1) is 15.8. The summed E-state index contributed by atoms with van der Waals surface area (Å²) in [5.41, 5.74) is 7.69. The second kappa shape index (κ2) is 8.44. The number of hydrogen-bond donors (Lipinski definition) is 1. The van der Waals surface area contributed by atoms with E-state index in [1.165, 1.54) is 45.1 Å². The number of carbonyl (C=O) groups is 2. The summed E-state index contributed by atoms with van der Waals surface area (Å²) in [4.78, 5) is 25.7. The van der Waals surface area contributed by atoms with Gasteiger partial charge in [0.1, 0.15) is 6.10 Å². The van der Waals surface area contributed by atoms with Crippen molar-refractivity contribution in [1.29, 1.82) is 0 Å². The summed E-state index contributed by atoms with van der Waals surface area (Å²) < 4.78 is 17.5. The number of likely N-dealkylation sites (N-methyl/N-ethyl adjacent to an activating group) is 1. The van der Waals surface area contributed by atoms with Crippen molar-refractivity contribution in [2.45, 2.75) is 82.1 Å². The van der Waals surface area contributed by atoms with E-state index in [1.807, 2.05) is 12.1 Å². The molecular formula is C26H34N2O5. The van der Waals surface area contributed by atoms with Crippen molar-refractivity contribution < 1.29 is 23.8 Å². The fourth-order valence-electron chi connectivity index (χ4n) is 6.69. The highest BCUT2D eigenvalue weighted by molar-refractivity contribution is 5.73. The van der Waals surface area contributed by atoms with Gasteiger partial charge < -0.3 is 24.8 Å². The van der Waals surface area contributed by atoms with Gasteiger partial charge in [-0.1, -0.05) is 25.0 Å². The Morgan fingerprint density at radius 1 is 1.15 bits per heavy atom. The van der Waals surface area contributed by atoms with E-state index in [1.54, 1.807) is 0 Å². The highest BCUT2D eigenvalue weighted by Gasteiger charge is 2.65. The Kier molecular flexibility index (Phi) is 5.73. The summed E-state index contributed by atoms with van der Waals surface area (Å²) in [5, 5.41) is 0. The molecule has 2 heterocycles. The van der Waals surface area contributed by atoms with E-state index in [-0.39, 0.29) is 29.4 Å². The minimum Gasteiger partial charge on any atom is -0.481 e. The van der Waals surface area contributed by atoms with Crippen LogP contribution in [0.4, 0.5) is 0 Å². The fraction of sp³-hybridized carbons (Fsp3) is 0.615. The second-order valence-corrected chi connectivity index (χ2v) is 10.1. The number of esters is 2. The molecule has 5 aliphatic rings. The standard InChI is InChI=1S/C21H23NO5.C5H11N/c1-11(23)25-16-6-4-13-10-15-14-5-7-17(26-12(2)24)20-21(14,8-9-22(15)3)18(13)19(16)27-20;6-5-3-1-2-4-5/h4-7,14-15,17,20H,8-10H2,1-3H3;5H,1-4,6H2/t14-,15+,17-,20-,21-;/m0./s1. The predicted octanol–water partition coefficient (Wildman–Crippen LogP) is 2.88. The molecule has 33 heavy (non-hydrogen) atoms. The molecule has 6 rings (SSSR count). The van der Waals surface area contributed by atoms with Gasteiger partial charge in [-0.15, -0.1) is 0 Å². The minimum absolute atomic E-state index is 0.245. The SMILES string of the molecule is CC(=O)Oc1ccc2c3c1O[C@H]1[C@@H](OC(C)=O)C=C[C@H]4[C@@H](C2)N(C)CC[C@@]341.NC1CCCC1. The molecule has 2 bridgehead atoms. The Morgan fingerprint density at radius 3 is 2.55 bits per heavy atom. The molecule has 0 unspecified atom stereocenters. The van der Waals surface area contributed by atoms with Gasteiger partial charge in [-0.2, -0.15) is 0 Å². The maximum absolute atomic E-state index is 11.7. The Labute approximate surface area is 195 Å². The van der Waals surface area contributed by atoms with Crippen molar-refractivity contribution in [1.82, 2.24) is 4.90 Å². The van der Waals surface area contributed by atoms with Crippen LogP contribution in [0.3, 0.4) is 0 Å². The molecule has 1 aromatic rings. The Balaban J connectivity index is 0.000000332. The number of hydrogen-bond acceptors (Lipinski definition) is 7. The Hall–Kier alpha value is -2.38. The van der Waals surface area contributed by atoms with Gasteiger partial charge in [0.2, 0.25) is 0 Å². The molecule has 2 aliphatic heterocycles. The number of carbonyl (C=O) groups excluding carboxylic acids is 2. The summed E-state index contributed by atoms with van der Waals surface area (Å²) >= 11 is 0. The molecule has 1 aromatic carbocycles. The second-order valence-electron chi connectivity index (χ2n) is 10.1. The molecule has 1 saturated heterocycles. The lowest BCUT2D eigenvalue weighted by Gasteiger charge is -2.56. The summed E-state index contributed by atoms with van der Waals surface area (Å²) in [7, 11) is 2.17. The third kappa shape index (κ3) is 3.66. The summed E-state index contributed by atoms with van der Waals surface area (Å²) in [6, 6.07) is 4.82. The molecule has 0 radical (unpaired) electrons. The van der Waals surface area contributed by atoms with Crippen molar-refractivity contribution in [3.63, 3.8) is 0 Å². The van der Waals surface area contributed by atoms with Crippen molar-refractivity contribution in [2.75, 3.05) is 13.6 Å². The normalized spacial score (nSPS) is 33.5. The van der Waals surface area contributed by atoms with E-state index in [0.717, 1.165) is 24.9 Å². The summed E-state index contributed by atoms with van der Waals surface area (Å²) in [5.74, 6) is 0.712. The Bertz CT molecular complexity index is 985. The lowest BCUT2D eigenvalue weighted by atomic mass is 9.53. The molecule has 7 nitrogen and oxygen atoms in total. The van der Waals surface area contributed by atoms with Crippen LogP contribution in [-0.4, -0.2) is 54.7 Å². The summed E-state index contributed by atoms with van der Waals surface area (Å²) in [6.07, 6.45) is 10.6. The van der Waals surface area contributed by atoms with Gasteiger partial charge in [0.05, 0.1) is 0 Å². The van der Waals surface area contributed by atoms with Crippen LogP contribution in [-0.2, 0) is 26.2 Å². The van der Waals surface area contributed by atoms with Crippen LogP contribution in [0.15, 0.2) is 24.3 Å². The molecule has 2 fully saturated rings. The predicted molar refractivity (Wildman–Crippen MR) is 123 cm³/mol. The highest BCUT2D eigenvalue weighted by atomic mass is 16.6. The molecular weight excluding hydrogens is 420 g/mol. The highest BCUT2D eigenvalue weighted by Crippen LogP contribution is 2.62. The van der Waals surface area contributed by atoms with Crippen LogP contribution in [0.2, 0.25) is 0 Å². The maximum atomic E-state index is 11.7. The number of nitrogens with two attached hydrogens (primary N) is 1. The van der Waals surface area contributed by atoms with Crippen LogP contribution >= 0.6 is 0 Å². The molecule has 178 valence electrons. The molecule has 2 N–H and O–H groups in total. The lowest BCUT2D eigenvalue weighted by Crippen LogP contribution is -2.65. The van der Waals surface area contributed by atoms with Crippen molar-refractivity contribution in [3.8, 4) is 11.5 Å². The fourth-order valence-corrected chi connectivity index (χ4v) is 6.69. The molecule has 7 heteroatoms. The molecule has 1 saturated carbocycles. The van der Waals surface area contributed by atoms with Gasteiger partial charge in [-0.3, -0.25) is 9.59 Å². The van der Waals surface area contributed by atoms with Gasteiger partial charge in [0, 0.05) is 42.8 Å². The van der Waals surface area contributed by atoms with E-state index < -0.39 is 6.10 Å². The molecule has 0 amide bonds. The smallest absolute Gasteiger partial charge is 0.308 e. The third-order valence-corrected chi connectivity index (χ3v) is 8.07. The molecule has 3 aliphatic carbocycles. The van der Waals surface area contributed by atoms with E-state index in [0.29, 0.717) is 23.6 Å². The number of rotatable bonds is 2. The quantitative estimate of drug-likeness (QED) is 0.417. The zero-order chi connectivity index (χ0) is 23.3. The average Bonchev–Trinajstić information content (AvgIpc) is 3.37. The first kappa shape index (κ1) is 22.4. The van der Waals surface area contributed by atoms with Gasteiger partial charge in [-0.25, -0.2) is 0 Å². The lowest BCUT2D eigenvalue weighted by molar-refractivity contribution is -0.152. The summed E-state index contributed by atoms with van der Waals surface area (Å²) in [6.45, 7) is 3.77. The first-order valence-electron chi connectivity index (χ1n) is 12.1. The van der Waals surface area contributed by atoms with Gasteiger partial charge in [-0.05, 0) is 57.0 Å². The molecule has 0 aromatic heterocycles. The van der Waals surface area contributed by atoms with E-state index in [4.69, 9.17) is 19.9 Å². The van der Waals surface area contributed by atoms with Crippen molar-refractivity contribution in [3.05, 3.63) is 35.4 Å². The number of likely N-dealkylation sites (tertiary alicyclic amines) is 1. The minimum atomic E-state index is -0.439. The van der Waals surface area contributed by atoms with Crippen LogP contribution < -0.4 is 15.2 Å². The largest absolute Gasteiger partial charge is 0.481 e. The van der Waals surface area contributed by atoms with Gasteiger partial charge >= 0.3 is 11.9 Å². The van der Waals surface area contributed by atoms with Crippen molar-refractivity contribution in [2.24, 2.45) is 11.7 Å². The number of benzene rings is 1. The van der Waals surface area contributed by atoms with Crippen LogP contribution in [0.5, 0.6) is 11.5 Å². The topological polar surface area (TPSA) is 91.1 Å². The van der Waals surface area contributed by atoms with Gasteiger partial charge in [0.15, 0.2) is 17.6 Å². The third-order valence-electron chi connectivity index (χ3n) is 8.07. The van der Waals surface area contributed by atoms with E-state index >= 15 is 0 Å². The van der Waals surface area contributed by atoms with E-state index in [2.05, 4.69) is 24.1 Å². The van der Waals surface area contributed by atoms with Crippen LogP contribution in [0, 0.1) is 5.92 Å². The zero-order valence-corrected chi connectivity index (χ0v) is 19.7. The van der Waals surface area contributed by atoms with Crippen LogP contribution in [0.25, 0.3) is 0 Å². The molecule has 5 atom stereocenters. The number of ether oxygens (including phenoxy) is 3. The Morgan fingerprint density at radius 2 is 1.91 bits per heavy atom. The molecule has 1 spiro atoms. The first-order valence-corrected chi connectivity index (χ1v) is 12.1. The van der Waals surface area contributed by atoms with E-state index in [9.17, 15) is 9.59 Å². The van der Waals surface area contributed by atoms with Crippen molar-refractivity contribution >= 4 is 11.9 Å². The van der Waals surface area contributed by atoms with Gasteiger partial charge in [0.25, 0.3) is 0 Å². The zero-order valence-electron chi connectivity index (χ0n) is 19.7. The number of nitrogens with zero attached hydrogens (tertiary/aromatic N) is 1. The number of piperidine rings is 1. The van der Waals surface area contributed by atoms with Crippen LogP contribution in [0.1, 0.15) is 57.1 Å². The monoisotopic (exact) mass is 454 g/mol. The average molecular weight is 455 g/mol. The maximum Gasteiger partial charge on any atom is 0.308 e.